The lowest BCUT2D eigenvalue weighted by molar-refractivity contribution is -0.0648. The molecule has 0 unspecified atom stereocenters. The third-order valence-corrected chi connectivity index (χ3v) is 3.36. The van der Waals surface area contributed by atoms with E-state index in [1.807, 2.05) is 0 Å². The van der Waals surface area contributed by atoms with Crippen LogP contribution >= 0.6 is 8.25 Å². The van der Waals surface area contributed by atoms with Crippen LogP contribution in [-0.4, -0.2) is 22.8 Å². The topological polar surface area (TPSA) is 76.0 Å². The van der Waals surface area contributed by atoms with Gasteiger partial charge in [-0.15, -0.1) is 0 Å². The molecule has 2 N–H and O–H groups in total. The van der Waals surface area contributed by atoms with Gasteiger partial charge in [0.15, 0.2) is 0 Å². The summed E-state index contributed by atoms with van der Waals surface area (Å²) in [4.78, 5) is 0. The Bertz CT molecular complexity index is 193. The molecule has 2 atom stereocenters. The van der Waals surface area contributed by atoms with E-state index >= 15 is 0 Å². The highest BCUT2D eigenvalue weighted by Gasteiger charge is 2.29. The molecular weight excluding hydrogens is 255 g/mol. The van der Waals surface area contributed by atoms with Gasteiger partial charge >= 0.3 is 8.25 Å². The molecule has 0 fully saturated rings. The van der Waals surface area contributed by atoms with Gasteiger partial charge in [0.2, 0.25) is 12.6 Å². The molecule has 0 rings (SSSR count). The molecule has 0 aliphatic carbocycles. The first kappa shape index (κ1) is 17.9. The van der Waals surface area contributed by atoms with Crippen LogP contribution in [0.3, 0.4) is 0 Å². The lowest BCUT2D eigenvalue weighted by atomic mass is 10.2. The monoisotopic (exact) mass is 281 g/mol. The summed E-state index contributed by atoms with van der Waals surface area (Å²) in [5.74, 6) is 0. The summed E-state index contributed by atoms with van der Waals surface area (Å²) in [7, 11) is -2.45. The first-order valence-corrected chi connectivity index (χ1v) is 7.86. The summed E-state index contributed by atoms with van der Waals surface area (Å²) in [6, 6.07) is 0. The number of hydrogen-bond acceptors (Lipinski definition) is 5. The van der Waals surface area contributed by atoms with Gasteiger partial charge in [-0.05, 0) is 12.8 Å². The Labute approximate surface area is 110 Å². The highest BCUT2D eigenvalue weighted by Crippen LogP contribution is 2.29. The summed E-state index contributed by atoms with van der Waals surface area (Å²) < 4.78 is 20.8. The van der Waals surface area contributed by atoms with Gasteiger partial charge in [0.1, 0.15) is 0 Å². The van der Waals surface area contributed by atoms with Crippen molar-refractivity contribution in [3.8, 4) is 0 Å². The zero-order chi connectivity index (χ0) is 13.8. The summed E-state index contributed by atoms with van der Waals surface area (Å²) in [5, 5.41) is 18.8. The maximum absolute atomic E-state index is 11.3. The fraction of sp³-hybridized carbons (Fsp3) is 1.00. The molecule has 0 aliphatic rings. The van der Waals surface area contributed by atoms with Crippen LogP contribution in [0.4, 0.5) is 0 Å². The van der Waals surface area contributed by atoms with Crippen LogP contribution in [0.15, 0.2) is 0 Å². The van der Waals surface area contributed by atoms with Crippen molar-refractivity contribution in [3.05, 3.63) is 0 Å². The van der Waals surface area contributed by atoms with Crippen molar-refractivity contribution in [1.29, 1.82) is 0 Å². The van der Waals surface area contributed by atoms with Gasteiger partial charge in [-0.1, -0.05) is 48.6 Å². The Morgan fingerprint density at radius 3 is 1.61 bits per heavy atom. The van der Waals surface area contributed by atoms with Crippen molar-refractivity contribution < 1.29 is 23.8 Å². The lowest BCUT2D eigenvalue weighted by Gasteiger charge is -2.05. The summed E-state index contributed by atoms with van der Waals surface area (Å²) in [6.07, 6.45) is 4.44. The predicted octanol–water partition coefficient (Wildman–Crippen LogP) is 3.47. The van der Waals surface area contributed by atoms with Crippen molar-refractivity contribution in [2.24, 2.45) is 0 Å². The molecule has 0 bridgehead atoms. The van der Waals surface area contributed by atoms with E-state index in [2.05, 4.69) is 13.8 Å². The Morgan fingerprint density at radius 2 is 1.28 bits per heavy atom. The number of aliphatic hydroxyl groups is 2. The molecule has 0 aromatic heterocycles. The van der Waals surface area contributed by atoms with E-state index in [1.165, 1.54) is 0 Å². The molecular formula is C12H26O5P+. The predicted molar refractivity (Wildman–Crippen MR) is 70.1 cm³/mol. The Morgan fingerprint density at radius 1 is 0.889 bits per heavy atom. The first-order valence-electron chi connectivity index (χ1n) is 6.77. The zero-order valence-electron chi connectivity index (χ0n) is 11.4. The standard InChI is InChI=1S/C12H26O5P/c1-3-5-7-9-11(13)16-18(15)17-12(14)10-8-6-4-2/h11-14H,3-10H2,1-2H3/q+1/t11-,12-/m0/s1. The number of rotatable bonds is 12. The summed E-state index contributed by atoms with van der Waals surface area (Å²) >= 11 is 0. The fourth-order valence-electron chi connectivity index (χ4n) is 1.47. The number of unbranched alkanes of at least 4 members (excludes halogenated alkanes) is 4. The van der Waals surface area contributed by atoms with E-state index in [0.717, 1.165) is 38.5 Å². The van der Waals surface area contributed by atoms with Gasteiger partial charge in [-0.25, -0.2) is 0 Å². The van der Waals surface area contributed by atoms with Crippen LogP contribution in [0.2, 0.25) is 0 Å². The average molecular weight is 281 g/mol. The Balaban J connectivity index is 3.61. The molecule has 0 spiro atoms. The average Bonchev–Trinajstić information content (AvgIpc) is 2.29. The second kappa shape index (κ2) is 12.0. The molecule has 0 saturated heterocycles. The van der Waals surface area contributed by atoms with E-state index in [0.29, 0.717) is 12.8 Å². The van der Waals surface area contributed by atoms with Crippen LogP contribution in [-0.2, 0) is 13.6 Å². The van der Waals surface area contributed by atoms with E-state index in [-0.39, 0.29) is 0 Å². The highest BCUT2D eigenvalue weighted by atomic mass is 31.1. The minimum absolute atomic E-state index is 0.435. The Hall–Kier alpha value is -0.0600. The first-order chi connectivity index (χ1) is 8.60. The molecule has 0 aromatic rings. The largest absolute Gasteiger partial charge is 0.702 e. The third-order valence-electron chi connectivity index (χ3n) is 2.52. The minimum atomic E-state index is -2.45. The van der Waals surface area contributed by atoms with Gasteiger partial charge in [0.05, 0.1) is 0 Å². The quantitative estimate of drug-likeness (QED) is 0.325. The van der Waals surface area contributed by atoms with Gasteiger partial charge in [0, 0.05) is 17.4 Å². The zero-order valence-corrected chi connectivity index (χ0v) is 12.3. The van der Waals surface area contributed by atoms with E-state index < -0.39 is 20.8 Å². The second-order valence-corrected chi connectivity index (χ2v) is 5.20. The molecule has 6 heteroatoms. The molecule has 0 heterocycles. The number of aliphatic hydroxyl groups excluding tert-OH is 2. The summed E-state index contributed by atoms with van der Waals surface area (Å²) in [5.41, 5.74) is 0. The van der Waals surface area contributed by atoms with Crippen molar-refractivity contribution in [2.45, 2.75) is 77.8 Å². The van der Waals surface area contributed by atoms with E-state index in [4.69, 9.17) is 9.05 Å². The summed E-state index contributed by atoms with van der Waals surface area (Å²) in [6.45, 7) is 4.12. The van der Waals surface area contributed by atoms with Crippen molar-refractivity contribution in [3.63, 3.8) is 0 Å². The molecule has 0 aromatic carbocycles. The van der Waals surface area contributed by atoms with Crippen LogP contribution in [0.1, 0.15) is 65.2 Å². The van der Waals surface area contributed by atoms with Crippen LogP contribution in [0.5, 0.6) is 0 Å². The van der Waals surface area contributed by atoms with E-state index in [1.54, 1.807) is 0 Å². The van der Waals surface area contributed by atoms with Crippen molar-refractivity contribution >= 4 is 8.25 Å². The lowest BCUT2D eigenvalue weighted by Crippen LogP contribution is -2.11. The van der Waals surface area contributed by atoms with Crippen LogP contribution < -0.4 is 0 Å². The van der Waals surface area contributed by atoms with E-state index in [9.17, 15) is 14.8 Å². The third kappa shape index (κ3) is 11.1. The normalized spacial score (nSPS) is 14.4. The highest BCUT2D eigenvalue weighted by molar-refractivity contribution is 7.33. The van der Waals surface area contributed by atoms with Gasteiger partial charge in [-0.3, -0.25) is 0 Å². The Kier molecular flexibility index (Phi) is 12.0. The smallest absolute Gasteiger partial charge is 0.364 e. The molecule has 108 valence electrons. The fourth-order valence-corrected chi connectivity index (χ4v) is 2.12. The van der Waals surface area contributed by atoms with Crippen molar-refractivity contribution in [1.82, 2.24) is 0 Å². The molecule has 0 amide bonds. The molecule has 5 nitrogen and oxygen atoms in total. The molecule has 18 heavy (non-hydrogen) atoms. The SMILES string of the molecule is CCCCC[C@@H](O)O[P+](=O)O[C@H](O)CCCCC. The maximum atomic E-state index is 11.3. The second-order valence-electron chi connectivity index (χ2n) is 4.34. The molecule has 0 aliphatic heterocycles. The maximum Gasteiger partial charge on any atom is 0.702 e. The molecule has 0 saturated carbocycles. The van der Waals surface area contributed by atoms with Crippen LogP contribution in [0.25, 0.3) is 0 Å². The van der Waals surface area contributed by atoms with Gasteiger partial charge < -0.3 is 10.2 Å². The number of hydrogen-bond donors (Lipinski definition) is 2. The van der Waals surface area contributed by atoms with Crippen LogP contribution in [0, 0.1) is 0 Å². The molecule has 0 radical (unpaired) electrons. The van der Waals surface area contributed by atoms with Gasteiger partial charge in [-0.2, -0.15) is 0 Å². The van der Waals surface area contributed by atoms with Gasteiger partial charge in [0.25, 0.3) is 0 Å². The van der Waals surface area contributed by atoms with Crippen molar-refractivity contribution in [2.75, 3.05) is 0 Å². The minimum Gasteiger partial charge on any atom is -0.364 e.